The van der Waals surface area contributed by atoms with Gasteiger partial charge in [-0.2, -0.15) is 0 Å². The number of hydrogen-bond acceptors (Lipinski definition) is 5. The number of aromatic nitrogens is 2. The Bertz CT molecular complexity index is 379. The van der Waals surface area contributed by atoms with Crippen LogP contribution in [0.3, 0.4) is 0 Å². The van der Waals surface area contributed by atoms with Gasteiger partial charge in [-0.25, -0.2) is 4.98 Å². The van der Waals surface area contributed by atoms with Gasteiger partial charge in [-0.3, -0.25) is 4.79 Å². The van der Waals surface area contributed by atoms with Crippen LogP contribution in [0.15, 0.2) is 12.5 Å². The molecule has 0 saturated heterocycles. The lowest BCUT2D eigenvalue weighted by atomic mass is 10.2. The zero-order chi connectivity index (χ0) is 11.8. The normalized spacial score (nSPS) is 11.3. The van der Waals surface area contributed by atoms with Crippen LogP contribution in [0, 0.1) is 12.0 Å². The summed E-state index contributed by atoms with van der Waals surface area (Å²) in [5.41, 5.74) is 8.11. The summed E-state index contributed by atoms with van der Waals surface area (Å²) in [5.74, 6) is 1.39. The predicted octanol–water partition coefficient (Wildman–Crippen LogP) is -1.15. The Balaban J connectivity index is 2.45. The molecule has 1 atom stereocenters. The van der Waals surface area contributed by atoms with E-state index >= 15 is 0 Å². The van der Waals surface area contributed by atoms with Gasteiger partial charge < -0.3 is 20.7 Å². The van der Waals surface area contributed by atoms with Crippen LogP contribution in [0.2, 0.25) is 0 Å². The van der Waals surface area contributed by atoms with Crippen LogP contribution in [-0.2, 0) is 16.1 Å². The Morgan fingerprint density at radius 3 is 3.19 bits per heavy atom. The lowest BCUT2D eigenvalue weighted by molar-refractivity contribution is -0.142. The van der Waals surface area contributed by atoms with Gasteiger partial charge >= 0.3 is 5.97 Å². The van der Waals surface area contributed by atoms with Crippen LogP contribution < -0.4 is 11.2 Å². The predicted molar refractivity (Wildman–Crippen MR) is 54.8 cm³/mol. The van der Waals surface area contributed by atoms with E-state index in [9.17, 15) is 4.79 Å². The molecule has 7 nitrogen and oxygen atoms in total. The minimum Gasteiger partial charge on any atom is -0.480 e. The van der Waals surface area contributed by atoms with Crippen molar-refractivity contribution in [1.82, 2.24) is 15.4 Å². The minimum absolute atomic E-state index is 0.153. The second-order valence-corrected chi connectivity index (χ2v) is 2.87. The van der Waals surface area contributed by atoms with E-state index in [1.807, 2.05) is 0 Å². The summed E-state index contributed by atoms with van der Waals surface area (Å²) in [7, 11) is 0. The van der Waals surface area contributed by atoms with Crippen LogP contribution in [0.4, 0.5) is 0 Å². The number of nitrogens with zero attached hydrogens (tertiary/aromatic N) is 1. The van der Waals surface area contributed by atoms with E-state index in [2.05, 4.69) is 32.3 Å². The number of H-pyrrole nitrogens is 1. The topological polar surface area (TPSA) is 113 Å². The van der Waals surface area contributed by atoms with E-state index in [1.54, 1.807) is 6.20 Å². The number of nitrogens with one attached hydrogen (secondary N) is 2. The molecular weight excluding hydrogens is 212 g/mol. The van der Waals surface area contributed by atoms with Crippen LogP contribution in [0.25, 0.3) is 0 Å². The lowest BCUT2D eigenvalue weighted by Gasteiger charge is -2.10. The maximum absolute atomic E-state index is 10.8. The molecule has 0 spiro atoms. The highest BCUT2D eigenvalue weighted by molar-refractivity contribution is 5.73. The number of nitrogens with two attached hydrogens (primary N) is 1. The van der Waals surface area contributed by atoms with E-state index in [-0.39, 0.29) is 13.0 Å². The molecule has 0 fully saturated rings. The van der Waals surface area contributed by atoms with E-state index in [1.165, 1.54) is 6.33 Å². The molecule has 0 aliphatic carbocycles. The fourth-order valence-corrected chi connectivity index (χ4v) is 0.974. The van der Waals surface area contributed by atoms with Gasteiger partial charge in [-0.15, -0.1) is 5.48 Å². The van der Waals surface area contributed by atoms with Gasteiger partial charge in [0.05, 0.1) is 12.9 Å². The fraction of sp³-hybridized carbons (Fsp3) is 0.333. The summed E-state index contributed by atoms with van der Waals surface area (Å²) in [5, 5.41) is 8.88. The minimum atomic E-state index is -1.04. The average Bonchev–Trinajstić information content (AvgIpc) is 2.75. The molecule has 1 aromatic rings. The first-order valence-electron chi connectivity index (χ1n) is 4.53. The highest BCUT2D eigenvalue weighted by Crippen LogP contribution is 1.98. The molecule has 5 N–H and O–H groups in total. The van der Waals surface area contributed by atoms with Crippen molar-refractivity contribution in [3.05, 3.63) is 18.2 Å². The van der Waals surface area contributed by atoms with Crippen molar-refractivity contribution in [3.63, 3.8) is 0 Å². The van der Waals surface area contributed by atoms with Crippen LogP contribution in [0.1, 0.15) is 5.69 Å². The van der Waals surface area contributed by atoms with Gasteiger partial charge in [0.1, 0.15) is 12.1 Å². The Kier molecular flexibility index (Phi) is 4.85. The number of carbonyl (C=O) groups is 1. The van der Waals surface area contributed by atoms with Crippen molar-refractivity contribution < 1.29 is 14.7 Å². The molecule has 0 aliphatic rings. The highest BCUT2D eigenvalue weighted by Gasteiger charge is 2.18. The lowest BCUT2D eigenvalue weighted by Crippen LogP contribution is -2.37. The maximum Gasteiger partial charge on any atom is 0.324 e. The number of hydroxylamine groups is 1. The number of hydrogen-bond donors (Lipinski definition) is 4. The third-order valence-electron chi connectivity index (χ3n) is 1.70. The molecule has 1 unspecified atom stereocenters. The largest absolute Gasteiger partial charge is 0.480 e. The van der Waals surface area contributed by atoms with Crippen molar-refractivity contribution in [2.75, 3.05) is 6.54 Å². The molecule has 0 aromatic carbocycles. The van der Waals surface area contributed by atoms with Crippen LogP contribution >= 0.6 is 0 Å². The monoisotopic (exact) mass is 224 g/mol. The van der Waals surface area contributed by atoms with Gasteiger partial charge in [0.25, 0.3) is 0 Å². The molecule has 1 heterocycles. The van der Waals surface area contributed by atoms with E-state index in [4.69, 9.17) is 10.8 Å². The summed E-state index contributed by atoms with van der Waals surface area (Å²) in [6, 6.07) is -0.896. The Morgan fingerprint density at radius 1 is 1.81 bits per heavy atom. The zero-order valence-electron chi connectivity index (χ0n) is 8.43. The molecule has 0 bridgehead atoms. The van der Waals surface area contributed by atoms with Gasteiger partial charge in [0.15, 0.2) is 0 Å². The summed E-state index contributed by atoms with van der Waals surface area (Å²) in [6.45, 7) is 0.153. The number of imidazole rings is 1. The highest BCUT2D eigenvalue weighted by atomic mass is 16.6. The standard InChI is InChI=1S/C9H12N4O3/c10-2-1-3-16-13-8(9(14)15)4-7-5-11-6-12-7/h5-6,8,13H,2,4,10H2,(H,11,12)(H,14,15). The second-order valence-electron chi connectivity index (χ2n) is 2.87. The first-order valence-corrected chi connectivity index (χ1v) is 4.53. The Hall–Kier alpha value is -2.04. The molecule has 1 aromatic heterocycles. The van der Waals surface area contributed by atoms with Crippen molar-refractivity contribution in [1.29, 1.82) is 0 Å². The molecule has 16 heavy (non-hydrogen) atoms. The van der Waals surface area contributed by atoms with E-state index in [0.717, 1.165) is 0 Å². The number of carboxylic acids is 1. The summed E-state index contributed by atoms with van der Waals surface area (Å²) in [6.07, 6.45) is 5.47. The maximum atomic E-state index is 10.8. The number of carboxylic acid groups (broad SMARTS) is 1. The first-order chi connectivity index (χ1) is 7.74. The second kappa shape index (κ2) is 6.44. The SMILES string of the molecule is NCC#CONC(Cc1cnc[nH]1)C(=O)O. The zero-order valence-corrected chi connectivity index (χ0v) is 8.43. The van der Waals surface area contributed by atoms with Crippen molar-refractivity contribution in [3.8, 4) is 12.0 Å². The first kappa shape index (κ1) is 12.0. The average molecular weight is 224 g/mol. The van der Waals surface area contributed by atoms with Crippen LogP contribution in [-0.4, -0.2) is 33.6 Å². The fourth-order valence-electron chi connectivity index (χ4n) is 0.974. The summed E-state index contributed by atoms with van der Waals surface area (Å²) in [4.78, 5) is 22.1. The molecule has 86 valence electrons. The van der Waals surface area contributed by atoms with Gasteiger partial charge in [0.2, 0.25) is 0 Å². The number of rotatable bonds is 5. The van der Waals surface area contributed by atoms with Crippen LogP contribution in [0.5, 0.6) is 0 Å². The molecule has 1 rings (SSSR count). The molecule has 0 aliphatic heterocycles. The van der Waals surface area contributed by atoms with Gasteiger partial charge in [0, 0.05) is 18.3 Å². The van der Waals surface area contributed by atoms with E-state index in [0.29, 0.717) is 5.69 Å². The van der Waals surface area contributed by atoms with Crippen molar-refractivity contribution in [2.45, 2.75) is 12.5 Å². The molecular formula is C9H12N4O3. The van der Waals surface area contributed by atoms with Crippen molar-refractivity contribution >= 4 is 5.97 Å². The molecule has 0 amide bonds. The third-order valence-corrected chi connectivity index (χ3v) is 1.70. The summed E-state index contributed by atoms with van der Waals surface area (Å²) >= 11 is 0. The number of aliphatic carboxylic acids is 1. The quantitative estimate of drug-likeness (QED) is 0.371. The smallest absolute Gasteiger partial charge is 0.324 e. The summed E-state index contributed by atoms with van der Waals surface area (Å²) < 4.78 is 0. The van der Waals surface area contributed by atoms with Gasteiger partial charge in [-0.05, 0) is 5.92 Å². The van der Waals surface area contributed by atoms with E-state index < -0.39 is 12.0 Å². The van der Waals surface area contributed by atoms with Gasteiger partial charge in [-0.1, -0.05) is 0 Å². The Morgan fingerprint density at radius 2 is 2.62 bits per heavy atom. The number of aromatic amines is 1. The molecule has 7 heteroatoms. The molecule has 0 saturated carbocycles. The Labute approximate surface area is 92.0 Å². The van der Waals surface area contributed by atoms with Crippen molar-refractivity contribution in [2.24, 2.45) is 5.73 Å². The molecule has 0 radical (unpaired) electrons. The third kappa shape index (κ3) is 4.00.